The molecule has 9 heteroatoms. The third-order valence-corrected chi connectivity index (χ3v) is 6.25. The number of aryl methyl sites for hydroxylation is 1. The fourth-order valence-corrected chi connectivity index (χ4v) is 4.20. The maximum absolute atomic E-state index is 12.8. The van der Waals surface area contributed by atoms with Gasteiger partial charge in [-0.1, -0.05) is 35.9 Å². The highest BCUT2D eigenvalue weighted by atomic mass is 35.5. The van der Waals surface area contributed by atoms with Crippen LogP contribution in [0, 0.1) is 6.92 Å². The zero-order chi connectivity index (χ0) is 21.7. The van der Waals surface area contributed by atoms with Crippen molar-refractivity contribution in [2.75, 3.05) is 6.54 Å². The highest BCUT2D eigenvalue weighted by Gasteiger charge is 2.21. The minimum atomic E-state index is -3.91. The van der Waals surface area contributed by atoms with Crippen molar-refractivity contribution in [1.29, 1.82) is 0 Å². The van der Waals surface area contributed by atoms with E-state index in [0.717, 1.165) is 27.9 Å². The van der Waals surface area contributed by atoms with Crippen molar-refractivity contribution in [3.05, 3.63) is 87.2 Å². The molecular formula is C21H20ClN3O4S. The monoisotopic (exact) mass is 445 g/mol. The summed E-state index contributed by atoms with van der Waals surface area (Å²) in [5, 5.41) is 6.95. The lowest BCUT2D eigenvalue weighted by atomic mass is 10.1. The number of rotatable bonds is 7. The molecule has 1 amide bonds. The summed E-state index contributed by atoms with van der Waals surface area (Å²) in [5.41, 5.74) is 1.22. The summed E-state index contributed by atoms with van der Waals surface area (Å²) in [5.74, 6) is -0.441. The van der Waals surface area contributed by atoms with E-state index in [-0.39, 0.29) is 16.5 Å². The summed E-state index contributed by atoms with van der Waals surface area (Å²) in [6.07, 6.45) is 0.590. The van der Waals surface area contributed by atoms with E-state index >= 15 is 0 Å². The summed E-state index contributed by atoms with van der Waals surface area (Å²) in [7, 11) is -3.91. The Morgan fingerprint density at radius 3 is 2.53 bits per heavy atom. The zero-order valence-electron chi connectivity index (χ0n) is 16.2. The highest BCUT2D eigenvalue weighted by molar-refractivity contribution is 7.91. The number of sulfone groups is 1. The van der Waals surface area contributed by atoms with Crippen molar-refractivity contribution in [2.45, 2.75) is 29.8 Å². The quantitative estimate of drug-likeness (QED) is 0.602. The van der Waals surface area contributed by atoms with Crippen LogP contribution in [0.1, 0.15) is 11.1 Å². The smallest absolute Gasteiger partial charge is 0.267 e. The third-order valence-electron chi connectivity index (χ3n) is 4.36. The fourth-order valence-electron chi connectivity index (χ4n) is 2.78. The predicted octanol–water partition coefficient (Wildman–Crippen LogP) is 2.40. The van der Waals surface area contributed by atoms with E-state index in [1.54, 1.807) is 31.2 Å². The molecule has 3 rings (SSSR count). The lowest BCUT2D eigenvalue weighted by molar-refractivity contribution is -0.121. The predicted molar refractivity (Wildman–Crippen MR) is 113 cm³/mol. The van der Waals surface area contributed by atoms with Gasteiger partial charge in [-0.25, -0.2) is 13.1 Å². The second kappa shape index (κ2) is 9.23. The summed E-state index contributed by atoms with van der Waals surface area (Å²) in [6.45, 7) is 1.76. The van der Waals surface area contributed by atoms with Gasteiger partial charge in [-0.2, -0.15) is 5.10 Å². The second-order valence-corrected chi connectivity index (χ2v) is 9.05. The average Bonchev–Trinajstić information content (AvgIpc) is 2.71. The molecule has 30 heavy (non-hydrogen) atoms. The van der Waals surface area contributed by atoms with Gasteiger partial charge in [0.05, 0.1) is 4.90 Å². The van der Waals surface area contributed by atoms with Crippen LogP contribution in [0.5, 0.6) is 0 Å². The standard InChI is InChI=1S/C21H20ClN3O4S/c1-15-3-2-4-18(13-15)30(28,29)20-9-10-21(27)25(24-20)14-19(26)23-12-11-16-5-7-17(22)8-6-16/h2-10,13H,11-12,14H2,1H3,(H,23,26). The van der Waals surface area contributed by atoms with Gasteiger partial charge >= 0.3 is 0 Å². The van der Waals surface area contributed by atoms with Crippen molar-refractivity contribution < 1.29 is 13.2 Å². The molecule has 0 bridgehead atoms. The van der Waals surface area contributed by atoms with E-state index in [1.165, 1.54) is 12.1 Å². The van der Waals surface area contributed by atoms with Crippen LogP contribution in [0.15, 0.2) is 75.4 Å². The lowest BCUT2D eigenvalue weighted by Gasteiger charge is -2.09. The SMILES string of the molecule is Cc1cccc(S(=O)(=O)c2ccc(=O)n(CC(=O)NCCc3ccc(Cl)cc3)n2)c1. The molecule has 0 aliphatic heterocycles. The number of halogens is 1. The lowest BCUT2D eigenvalue weighted by Crippen LogP contribution is -2.35. The molecule has 0 aliphatic carbocycles. The van der Waals surface area contributed by atoms with Crippen LogP contribution in [0.3, 0.4) is 0 Å². The summed E-state index contributed by atoms with van der Waals surface area (Å²) < 4.78 is 26.4. The number of nitrogens with zero attached hydrogens (tertiary/aromatic N) is 2. The Morgan fingerprint density at radius 2 is 1.83 bits per heavy atom. The highest BCUT2D eigenvalue weighted by Crippen LogP contribution is 2.18. The molecule has 0 spiro atoms. The number of carbonyl (C=O) groups is 1. The minimum absolute atomic E-state index is 0.0765. The van der Waals surface area contributed by atoms with Gasteiger partial charge in [0.25, 0.3) is 5.56 Å². The van der Waals surface area contributed by atoms with Crippen molar-refractivity contribution in [3.8, 4) is 0 Å². The molecule has 0 radical (unpaired) electrons. The van der Waals surface area contributed by atoms with Crippen LogP contribution in [0.25, 0.3) is 0 Å². The Morgan fingerprint density at radius 1 is 1.10 bits per heavy atom. The molecule has 0 saturated carbocycles. The van der Waals surface area contributed by atoms with Crippen LogP contribution < -0.4 is 10.9 Å². The largest absolute Gasteiger partial charge is 0.354 e. The molecule has 1 aromatic heterocycles. The van der Waals surface area contributed by atoms with E-state index in [0.29, 0.717) is 18.0 Å². The summed E-state index contributed by atoms with van der Waals surface area (Å²) in [4.78, 5) is 24.3. The first-order chi connectivity index (χ1) is 14.3. The maximum atomic E-state index is 12.8. The number of amides is 1. The number of aromatic nitrogens is 2. The van der Waals surface area contributed by atoms with Crippen molar-refractivity contribution in [2.24, 2.45) is 0 Å². The van der Waals surface area contributed by atoms with Crippen LogP contribution in [0.4, 0.5) is 0 Å². The van der Waals surface area contributed by atoms with E-state index in [9.17, 15) is 18.0 Å². The van der Waals surface area contributed by atoms with Gasteiger partial charge in [-0.3, -0.25) is 9.59 Å². The van der Waals surface area contributed by atoms with Gasteiger partial charge < -0.3 is 5.32 Å². The van der Waals surface area contributed by atoms with Gasteiger partial charge in [-0.05, 0) is 54.8 Å². The van der Waals surface area contributed by atoms with Gasteiger partial charge in [0.1, 0.15) is 6.54 Å². The normalized spacial score (nSPS) is 11.3. The van der Waals surface area contributed by atoms with Gasteiger partial charge in [0, 0.05) is 17.6 Å². The van der Waals surface area contributed by atoms with Gasteiger partial charge in [0.2, 0.25) is 15.7 Å². The van der Waals surface area contributed by atoms with Crippen LogP contribution in [-0.2, 0) is 27.6 Å². The molecule has 0 unspecified atom stereocenters. The topological polar surface area (TPSA) is 98.1 Å². The van der Waals surface area contributed by atoms with Crippen LogP contribution >= 0.6 is 11.6 Å². The zero-order valence-corrected chi connectivity index (χ0v) is 17.8. The molecule has 0 aliphatic rings. The molecule has 2 aromatic carbocycles. The first-order valence-corrected chi connectivity index (χ1v) is 11.0. The number of nitrogens with one attached hydrogen (secondary N) is 1. The number of hydrogen-bond donors (Lipinski definition) is 1. The van der Waals surface area contributed by atoms with E-state index in [4.69, 9.17) is 11.6 Å². The van der Waals surface area contributed by atoms with E-state index < -0.39 is 21.3 Å². The Balaban J connectivity index is 1.70. The molecule has 0 fully saturated rings. The van der Waals surface area contributed by atoms with Crippen LogP contribution in [0.2, 0.25) is 5.02 Å². The molecule has 0 atom stereocenters. The van der Waals surface area contributed by atoms with E-state index in [2.05, 4.69) is 10.4 Å². The van der Waals surface area contributed by atoms with Crippen molar-refractivity contribution in [3.63, 3.8) is 0 Å². The Bertz CT molecular complexity index is 1220. The molecule has 1 heterocycles. The molecule has 3 aromatic rings. The summed E-state index contributed by atoms with van der Waals surface area (Å²) >= 11 is 5.84. The first kappa shape index (κ1) is 21.7. The van der Waals surface area contributed by atoms with Crippen LogP contribution in [-0.4, -0.2) is 30.7 Å². The third kappa shape index (κ3) is 5.34. The number of carbonyl (C=O) groups excluding carboxylic acids is 1. The Kier molecular flexibility index (Phi) is 6.69. The first-order valence-electron chi connectivity index (χ1n) is 9.17. The minimum Gasteiger partial charge on any atom is -0.354 e. The Labute approximate surface area is 179 Å². The number of hydrogen-bond acceptors (Lipinski definition) is 5. The molecule has 156 valence electrons. The second-order valence-electron chi connectivity index (χ2n) is 6.71. The average molecular weight is 446 g/mol. The van der Waals surface area contributed by atoms with Crippen molar-refractivity contribution >= 4 is 27.3 Å². The fraction of sp³-hybridized carbons (Fsp3) is 0.190. The number of benzene rings is 2. The maximum Gasteiger partial charge on any atom is 0.267 e. The molecule has 0 saturated heterocycles. The van der Waals surface area contributed by atoms with E-state index in [1.807, 2.05) is 12.1 Å². The Hall–Kier alpha value is -2.97. The van der Waals surface area contributed by atoms with Gasteiger partial charge in [0.15, 0.2) is 5.03 Å². The van der Waals surface area contributed by atoms with Crippen molar-refractivity contribution in [1.82, 2.24) is 15.1 Å². The molecule has 7 nitrogen and oxygen atoms in total. The molecular weight excluding hydrogens is 426 g/mol. The molecule has 1 N–H and O–H groups in total. The summed E-state index contributed by atoms with van der Waals surface area (Å²) in [6, 6.07) is 15.9. The van der Waals surface area contributed by atoms with Gasteiger partial charge in [-0.15, -0.1) is 0 Å².